The van der Waals surface area contributed by atoms with Gasteiger partial charge in [0.15, 0.2) is 0 Å². The van der Waals surface area contributed by atoms with Gasteiger partial charge in [0, 0.05) is 6.54 Å². The average molecular weight is 301 g/mol. The van der Waals surface area contributed by atoms with E-state index in [1.54, 1.807) is 0 Å². The second-order valence-electron chi connectivity index (χ2n) is 4.95. The SMILES string of the molecule is O=C(O)[C@@H]1CCCN1C(=O)Cc1ccc(C(F)(F)F)cc1. The zero-order valence-electron chi connectivity index (χ0n) is 11.1. The van der Waals surface area contributed by atoms with E-state index in [2.05, 4.69) is 0 Å². The van der Waals surface area contributed by atoms with Gasteiger partial charge in [0.05, 0.1) is 12.0 Å². The molecule has 0 bridgehead atoms. The van der Waals surface area contributed by atoms with Gasteiger partial charge in [0.25, 0.3) is 0 Å². The molecule has 0 saturated carbocycles. The molecular formula is C14H14F3NO3. The second-order valence-corrected chi connectivity index (χ2v) is 4.95. The lowest BCUT2D eigenvalue weighted by Gasteiger charge is -2.21. The van der Waals surface area contributed by atoms with Crippen molar-refractivity contribution in [1.82, 2.24) is 4.90 Å². The van der Waals surface area contributed by atoms with Crippen molar-refractivity contribution >= 4 is 11.9 Å². The molecule has 1 atom stereocenters. The summed E-state index contributed by atoms with van der Waals surface area (Å²) in [5, 5.41) is 9.01. The molecule has 21 heavy (non-hydrogen) atoms. The molecule has 1 aromatic rings. The van der Waals surface area contributed by atoms with Crippen LogP contribution in [-0.4, -0.2) is 34.5 Å². The maximum Gasteiger partial charge on any atom is 0.416 e. The Bertz CT molecular complexity index is 539. The molecule has 0 spiro atoms. The quantitative estimate of drug-likeness (QED) is 0.932. The molecular weight excluding hydrogens is 287 g/mol. The molecule has 1 saturated heterocycles. The topological polar surface area (TPSA) is 57.6 Å². The summed E-state index contributed by atoms with van der Waals surface area (Å²) in [7, 11) is 0. The van der Waals surface area contributed by atoms with Gasteiger partial charge in [-0.2, -0.15) is 13.2 Å². The van der Waals surface area contributed by atoms with E-state index in [1.165, 1.54) is 17.0 Å². The normalized spacial score (nSPS) is 18.8. The summed E-state index contributed by atoms with van der Waals surface area (Å²) in [6, 6.07) is 3.49. The molecule has 0 aromatic heterocycles. The van der Waals surface area contributed by atoms with Crippen molar-refractivity contribution in [2.24, 2.45) is 0 Å². The number of aliphatic carboxylic acids is 1. The number of carboxylic acids is 1. The third-order valence-corrected chi connectivity index (χ3v) is 3.49. The molecule has 4 nitrogen and oxygen atoms in total. The summed E-state index contributed by atoms with van der Waals surface area (Å²) in [6.07, 6.45) is -3.47. The zero-order chi connectivity index (χ0) is 15.6. The van der Waals surface area contributed by atoms with Crippen molar-refractivity contribution in [3.8, 4) is 0 Å². The van der Waals surface area contributed by atoms with Crippen molar-refractivity contribution in [3.63, 3.8) is 0 Å². The number of amides is 1. The molecule has 114 valence electrons. The molecule has 2 rings (SSSR count). The summed E-state index contributed by atoms with van der Waals surface area (Å²) < 4.78 is 37.3. The van der Waals surface area contributed by atoms with Gasteiger partial charge < -0.3 is 10.0 Å². The Hall–Kier alpha value is -2.05. The predicted molar refractivity (Wildman–Crippen MR) is 67.5 cm³/mol. The van der Waals surface area contributed by atoms with Crippen LogP contribution < -0.4 is 0 Å². The van der Waals surface area contributed by atoms with Crippen LogP contribution >= 0.6 is 0 Å². The molecule has 1 aromatic carbocycles. The third kappa shape index (κ3) is 3.53. The van der Waals surface area contributed by atoms with E-state index in [0.717, 1.165) is 12.1 Å². The number of alkyl halides is 3. The van der Waals surface area contributed by atoms with E-state index < -0.39 is 23.8 Å². The Morgan fingerprint density at radius 2 is 1.86 bits per heavy atom. The maximum absolute atomic E-state index is 12.4. The minimum atomic E-state index is -4.41. The molecule has 1 N–H and O–H groups in total. The van der Waals surface area contributed by atoms with Crippen LogP contribution in [0, 0.1) is 0 Å². The first-order valence-corrected chi connectivity index (χ1v) is 6.47. The number of hydrogen-bond donors (Lipinski definition) is 1. The van der Waals surface area contributed by atoms with E-state index >= 15 is 0 Å². The number of likely N-dealkylation sites (tertiary alicyclic amines) is 1. The monoisotopic (exact) mass is 301 g/mol. The maximum atomic E-state index is 12.4. The van der Waals surface area contributed by atoms with Gasteiger partial charge in [-0.05, 0) is 30.5 Å². The predicted octanol–water partition coefficient (Wildman–Crippen LogP) is 2.32. The lowest BCUT2D eigenvalue weighted by molar-refractivity contribution is -0.148. The Kier molecular flexibility index (Phi) is 4.20. The lowest BCUT2D eigenvalue weighted by atomic mass is 10.1. The minimum absolute atomic E-state index is 0.0953. The number of rotatable bonds is 3. The first-order chi connectivity index (χ1) is 9.79. The number of carbonyl (C=O) groups excluding carboxylic acids is 1. The van der Waals surface area contributed by atoms with Crippen LogP contribution in [0.1, 0.15) is 24.0 Å². The smallest absolute Gasteiger partial charge is 0.416 e. The van der Waals surface area contributed by atoms with Crippen LogP contribution in [0.4, 0.5) is 13.2 Å². The number of hydrogen-bond acceptors (Lipinski definition) is 2. The Labute approximate surface area is 119 Å². The molecule has 1 heterocycles. The van der Waals surface area contributed by atoms with Crippen LogP contribution in [-0.2, 0) is 22.2 Å². The summed E-state index contributed by atoms with van der Waals surface area (Å²) >= 11 is 0. The third-order valence-electron chi connectivity index (χ3n) is 3.49. The van der Waals surface area contributed by atoms with E-state index in [9.17, 15) is 22.8 Å². The van der Waals surface area contributed by atoms with Crippen molar-refractivity contribution in [3.05, 3.63) is 35.4 Å². The standard InChI is InChI=1S/C14H14F3NO3/c15-14(16,17)10-5-3-9(4-6-10)8-12(19)18-7-1-2-11(18)13(20)21/h3-6,11H,1-2,7-8H2,(H,20,21)/t11-/m0/s1. The Morgan fingerprint density at radius 1 is 1.24 bits per heavy atom. The molecule has 0 unspecified atom stereocenters. The number of carboxylic acid groups (broad SMARTS) is 1. The summed E-state index contributed by atoms with van der Waals surface area (Å²) in [4.78, 5) is 24.3. The summed E-state index contributed by atoms with van der Waals surface area (Å²) in [5.41, 5.74) is -0.340. The van der Waals surface area contributed by atoms with Crippen molar-refractivity contribution < 1.29 is 27.9 Å². The van der Waals surface area contributed by atoms with Gasteiger partial charge in [-0.25, -0.2) is 4.79 Å². The summed E-state index contributed by atoms with van der Waals surface area (Å²) in [6.45, 7) is 0.371. The fraction of sp³-hybridized carbons (Fsp3) is 0.429. The highest BCUT2D eigenvalue weighted by Crippen LogP contribution is 2.29. The first-order valence-electron chi connectivity index (χ1n) is 6.47. The van der Waals surface area contributed by atoms with Crippen LogP contribution in [0.2, 0.25) is 0 Å². The van der Waals surface area contributed by atoms with Crippen LogP contribution in [0.5, 0.6) is 0 Å². The fourth-order valence-corrected chi connectivity index (χ4v) is 2.41. The molecule has 1 aliphatic rings. The molecule has 1 amide bonds. The number of carbonyl (C=O) groups is 2. The molecule has 0 aliphatic carbocycles. The molecule has 0 radical (unpaired) electrons. The van der Waals surface area contributed by atoms with E-state index in [1.807, 2.05) is 0 Å². The Balaban J connectivity index is 2.04. The minimum Gasteiger partial charge on any atom is -0.480 e. The lowest BCUT2D eigenvalue weighted by Crippen LogP contribution is -2.41. The van der Waals surface area contributed by atoms with Gasteiger partial charge >= 0.3 is 12.1 Å². The largest absolute Gasteiger partial charge is 0.480 e. The van der Waals surface area contributed by atoms with E-state index in [4.69, 9.17) is 5.11 Å². The van der Waals surface area contributed by atoms with Gasteiger partial charge in [0.2, 0.25) is 5.91 Å². The number of benzene rings is 1. The number of halogens is 3. The highest BCUT2D eigenvalue weighted by molar-refractivity contribution is 5.85. The van der Waals surface area contributed by atoms with Crippen molar-refractivity contribution in [1.29, 1.82) is 0 Å². The van der Waals surface area contributed by atoms with Crippen LogP contribution in [0.3, 0.4) is 0 Å². The first kappa shape index (κ1) is 15.3. The summed E-state index contributed by atoms with van der Waals surface area (Å²) in [5.74, 6) is -1.42. The highest BCUT2D eigenvalue weighted by Gasteiger charge is 2.34. The van der Waals surface area contributed by atoms with Gasteiger partial charge in [-0.3, -0.25) is 4.79 Å². The van der Waals surface area contributed by atoms with E-state index in [0.29, 0.717) is 24.9 Å². The van der Waals surface area contributed by atoms with Crippen LogP contribution in [0.15, 0.2) is 24.3 Å². The number of nitrogens with zero attached hydrogens (tertiary/aromatic N) is 1. The molecule has 7 heteroatoms. The molecule has 1 aliphatic heterocycles. The Morgan fingerprint density at radius 3 is 2.38 bits per heavy atom. The van der Waals surface area contributed by atoms with Gasteiger partial charge in [0.1, 0.15) is 6.04 Å². The highest BCUT2D eigenvalue weighted by atomic mass is 19.4. The second kappa shape index (κ2) is 5.75. The van der Waals surface area contributed by atoms with Gasteiger partial charge in [-0.1, -0.05) is 12.1 Å². The van der Waals surface area contributed by atoms with Crippen molar-refractivity contribution in [2.75, 3.05) is 6.54 Å². The van der Waals surface area contributed by atoms with Crippen LogP contribution in [0.25, 0.3) is 0 Å². The van der Waals surface area contributed by atoms with Crippen molar-refractivity contribution in [2.45, 2.75) is 31.5 Å². The van der Waals surface area contributed by atoms with Gasteiger partial charge in [-0.15, -0.1) is 0 Å². The van der Waals surface area contributed by atoms with E-state index in [-0.39, 0.29) is 12.3 Å². The molecule has 1 fully saturated rings. The fourth-order valence-electron chi connectivity index (χ4n) is 2.41. The average Bonchev–Trinajstić information content (AvgIpc) is 2.87. The zero-order valence-corrected chi connectivity index (χ0v) is 11.1.